The first kappa shape index (κ1) is 15.9. The van der Waals surface area contributed by atoms with E-state index in [9.17, 15) is 4.39 Å². The molecule has 1 aliphatic heterocycles. The standard InChI is InChI=1S/C19H19FN4O/c20-15-6-4-14(5-7-15)17-11-22-19(23-17)18-13-25-10-9-24(18)12-16-3-1-2-8-21-16/h1-8,11,18H,9-10,12-13H2,(H,22,23)/t18-/m0/s1. The first-order chi connectivity index (χ1) is 12.3. The minimum absolute atomic E-state index is 0.0463. The van der Waals surface area contributed by atoms with Gasteiger partial charge in [0.15, 0.2) is 0 Å². The van der Waals surface area contributed by atoms with Crippen LogP contribution in [-0.4, -0.2) is 39.6 Å². The zero-order valence-corrected chi connectivity index (χ0v) is 13.7. The Bertz CT molecular complexity index is 819. The minimum atomic E-state index is -0.245. The van der Waals surface area contributed by atoms with Crippen LogP contribution in [0.4, 0.5) is 4.39 Å². The maximum Gasteiger partial charge on any atom is 0.126 e. The van der Waals surface area contributed by atoms with Crippen LogP contribution < -0.4 is 0 Å². The van der Waals surface area contributed by atoms with Gasteiger partial charge in [0.2, 0.25) is 0 Å². The van der Waals surface area contributed by atoms with E-state index >= 15 is 0 Å². The lowest BCUT2D eigenvalue weighted by Gasteiger charge is -2.34. The van der Waals surface area contributed by atoms with Crippen molar-refractivity contribution in [3.63, 3.8) is 0 Å². The van der Waals surface area contributed by atoms with Gasteiger partial charge < -0.3 is 9.72 Å². The third kappa shape index (κ3) is 3.60. The highest BCUT2D eigenvalue weighted by molar-refractivity contribution is 5.58. The normalized spacial score (nSPS) is 18.4. The molecule has 6 heteroatoms. The summed E-state index contributed by atoms with van der Waals surface area (Å²) >= 11 is 0. The number of imidazole rings is 1. The van der Waals surface area contributed by atoms with Gasteiger partial charge in [-0.25, -0.2) is 9.37 Å². The molecule has 0 bridgehead atoms. The fourth-order valence-electron chi connectivity index (χ4n) is 3.06. The van der Waals surface area contributed by atoms with Crippen molar-refractivity contribution in [3.8, 4) is 11.3 Å². The van der Waals surface area contributed by atoms with Gasteiger partial charge >= 0.3 is 0 Å². The summed E-state index contributed by atoms with van der Waals surface area (Å²) < 4.78 is 18.8. The number of ether oxygens (including phenoxy) is 1. The fourth-order valence-corrected chi connectivity index (χ4v) is 3.06. The molecule has 0 radical (unpaired) electrons. The fraction of sp³-hybridized carbons (Fsp3) is 0.263. The second-order valence-electron chi connectivity index (χ2n) is 6.07. The lowest BCUT2D eigenvalue weighted by atomic mass is 10.1. The predicted octanol–water partition coefficient (Wildman–Crippen LogP) is 3.18. The van der Waals surface area contributed by atoms with Crippen molar-refractivity contribution in [2.24, 2.45) is 0 Å². The van der Waals surface area contributed by atoms with E-state index in [0.29, 0.717) is 13.2 Å². The third-order valence-corrected chi connectivity index (χ3v) is 4.40. The molecule has 5 nitrogen and oxygen atoms in total. The summed E-state index contributed by atoms with van der Waals surface area (Å²) in [5.41, 5.74) is 2.81. The van der Waals surface area contributed by atoms with Crippen molar-refractivity contribution in [1.82, 2.24) is 19.9 Å². The van der Waals surface area contributed by atoms with E-state index in [2.05, 4.69) is 19.9 Å². The molecule has 0 amide bonds. The van der Waals surface area contributed by atoms with Crippen LogP contribution in [0.5, 0.6) is 0 Å². The molecule has 1 N–H and O–H groups in total. The van der Waals surface area contributed by atoms with Crippen LogP contribution in [0, 0.1) is 5.82 Å². The number of aromatic nitrogens is 3. The Labute approximate surface area is 145 Å². The van der Waals surface area contributed by atoms with Crippen LogP contribution in [0.2, 0.25) is 0 Å². The van der Waals surface area contributed by atoms with Crippen LogP contribution in [0.3, 0.4) is 0 Å². The number of H-pyrrole nitrogens is 1. The second-order valence-corrected chi connectivity index (χ2v) is 6.07. The molecule has 0 unspecified atom stereocenters. The van der Waals surface area contributed by atoms with Gasteiger partial charge in [0, 0.05) is 19.3 Å². The van der Waals surface area contributed by atoms with Gasteiger partial charge in [0.1, 0.15) is 11.6 Å². The summed E-state index contributed by atoms with van der Waals surface area (Å²) in [6.07, 6.45) is 3.60. The van der Waals surface area contributed by atoms with E-state index in [1.807, 2.05) is 24.4 Å². The van der Waals surface area contributed by atoms with Crippen molar-refractivity contribution < 1.29 is 9.13 Å². The summed E-state index contributed by atoms with van der Waals surface area (Å²) in [5.74, 6) is 0.612. The molecule has 1 aliphatic rings. The number of rotatable bonds is 4. The lowest BCUT2D eigenvalue weighted by Crippen LogP contribution is -2.39. The molecule has 3 heterocycles. The highest BCUT2D eigenvalue weighted by Crippen LogP contribution is 2.26. The van der Waals surface area contributed by atoms with Gasteiger partial charge in [0.05, 0.1) is 36.8 Å². The van der Waals surface area contributed by atoms with Gasteiger partial charge in [-0.2, -0.15) is 0 Å². The number of hydrogen-bond acceptors (Lipinski definition) is 4. The van der Waals surface area contributed by atoms with E-state index < -0.39 is 0 Å². The highest BCUT2D eigenvalue weighted by atomic mass is 19.1. The van der Waals surface area contributed by atoms with Crippen LogP contribution in [0.25, 0.3) is 11.3 Å². The highest BCUT2D eigenvalue weighted by Gasteiger charge is 2.27. The summed E-state index contributed by atoms with van der Waals surface area (Å²) in [5, 5.41) is 0. The number of aromatic amines is 1. The Balaban J connectivity index is 1.55. The van der Waals surface area contributed by atoms with Crippen molar-refractivity contribution in [1.29, 1.82) is 0 Å². The topological polar surface area (TPSA) is 54.0 Å². The van der Waals surface area contributed by atoms with E-state index in [1.165, 1.54) is 12.1 Å². The molecule has 0 spiro atoms. The molecule has 1 atom stereocenters. The number of pyridine rings is 1. The second kappa shape index (κ2) is 7.13. The molecule has 128 valence electrons. The molecule has 0 saturated carbocycles. The number of hydrogen-bond donors (Lipinski definition) is 1. The Morgan fingerprint density at radius 3 is 2.84 bits per heavy atom. The third-order valence-electron chi connectivity index (χ3n) is 4.40. The zero-order chi connectivity index (χ0) is 17.1. The largest absolute Gasteiger partial charge is 0.378 e. The molecule has 25 heavy (non-hydrogen) atoms. The Hall–Kier alpha value is -2.57. The Morgan fingerprint density at radius 1 is 1.16 bits per heavy atom. The summed E-state index contributed by atoms with van der Waals surface area (Å²) in [7, 11) is 0. The quantitative estimate of drug-likeness (QED) is 0.794. The Morgan fingerprint density at radius 2 is 2.04 bits per heavy atom. The van der Waals surface area contributed by atoms with Crippen molar-refractivity contribution in [2.75, 3.05) is 19.8 Å². The predicted molar refractivity (Wildman–Crippen MR) is 92.2 cm³/mol. The average molecular weight is 338 g/mol. The summed E-state index contributed by atoms with van der Waals surface area (Å²) in [4.78, 5) is 14.6. The number of nitrogens with zero attached hydrogens (tertiary/aromatic N) is 3. The molecular formula is C19H19FN4O. The van der Waals surface area contributed by atoms with Gasteiger partial charge in [-0.05, 0) is 42.0 Å². The molecule has 1 fully saturated rings. The van der Waals surface area contributed by atoms with E-state index in [0.717, 1.165) is 35.9 Å². The molecule has 3 aromatic rings. The van der Waals surface area contributed by atoms with Crippen LogP contribution in [0.15, 0.2) is 54.9 Å². The maximum absolute atomic E-state index is 13.1. The van der Waals surface area contributed by atoms with Crippen LogP contribution in [0.1, 0.15) is 17.6 Å². The van der Waals surface area contributed by atoms with Crippen LogP contribution >= 0.6 is 0 Å². The first-order valence-corrected chi connectivity index (χ1v) is 8.32. The van der Waals surface area contributed by atoms with Gasteiger partial charge in [-0.1, -0.05) is 6.07 Å². The summed E-state index contributed by atoms with van der Waals surface area (Å²) in [6, 6.07) is 12.4. The minimum Gasteiger partial charge on any atom is -0.378 e. The molecule has 0 aliphatic carbocycles. The maximum atomic E-state index is 13.1. The number of nitrogens with one attached hydrogen (secondary N) is 1. The van der Waals surface area contributed by atoms with Crippen molar-refractivity contribution in [2.45, 2.75) is 12.6 Å². The lowest BCUT2D eigenvalue weighted by molar-refractivity contribution is -0.0161. The van der Waals surface area contributed by atoms with Gasteiger partial charge in [-0.15, -0.1) is 0 Å². The number of morpholine rings is 1. The van der Waals surface area contributed by atoms with Gasteiger partial charge in [-0.3, -0.25) is 9.88 Å². The first-order valence-electron chi connectivity index (χ1n) is 8.32. The average Bonchev–Trinajstić information content (AvgIpc) is 3.14. The number of halogens is 1. The van der Waals surface area contributed by atoms with E-state index in [4.69, 9.17) is 4.74 Å². The Kier molecular flexibility index (Phi) is 4.54. The molecule has 2 aromatic heterocycles. The SMILES string of the molecule is Fc1ccc(-c2cnc([C@@H]3COCCN3Cc3ccccn3)[nH]2)cc1. The smallest absolute Gasteiger partial charge is 0.126 e. The van der Waals surface area contributed by atoms with E-state index in [-0.39, 0.29) is 11.9 Å². The summed E-state index contributed by atoms with van der Waals surface area (Å²) in [6.45, 7) is 2.87. The van der Waals surface area contributed by atoms with Crippen molar-refractivity contribution >= 4 is 0 Å². The molecule has 4 rings (SSSR count). The molecular weight excluding hydrogens is 319 g/mol. The van der Waals surface area contributed by atoms with Gasteiger partial charge in [0.25, 0.3) is 0 Å². The molecule has 1 aromatic carbocycles. The monoisotopic (exact) mass is 338 g/mol. The van der Waals surface area contributed by atoms with Crippen molar-refractivity contribution in [3.05, 3.63) is 72.2 Å². The van der Waals surface area contributed by atoms with E-state index in [1.54, 1.807) is 18.3 Å². The molecule has 1 saturated heterocycles. The number of benzene rings is 1. The van der Waals surface area contributed by atoms with Crippen LogP contribution in [-0.2, 0) is 11.3 Å². The zero-order valence-electron chi connectivity index (χ0n) is 13.7.